The predicted octanol–water partition coefficient (Wildman–Crippen LogP) is 2.23. The first-order chi connectivity index (χ1) is 6.71. The minimum atomic E-state index is -0.437. The number of allylic oxidation sites excluding steroid dienone is 1. The van der Waals surface area contributed by atoms with E-state index in [4.69, 9.17) is 4.74 Å². The van der Waals surface area contributed by atoms with Gasteiger partial charge in [0.25, 0.3) is 0 Å². The van der Waals surface area contributed by atoms with Crippen molar-refractivity contribution in [2.45, 2.75) is 44.1 Å². The van der Waals surface area contributed by atoms with E-state index in [-0.39, 0.29) is 5.78 Å². The summed E-state index contributed by atoms with van der Waals surface area (Å²) in [6.07, 6.45) is 8.64. The summed E-state index contributed by atoms with van der Waals surface area (Å²) < 4.78 is 5.49. The summed E-state index contributed by atoms with van der Waals surface area (Å²) in [5.41, 5.74) is 1.35. The molecule has 2 atom stereocenters. The van der Waals surface area contributed by atoms with Crippen molar-refractivity contribution in [1.82, 2.24) is 0 Å². The highest BCUT2D eigenvalue weighted by atomic mass is 16.5. The first-order valence-electron chi connectivity index (χ1n) is 5.52. The van der Waals surface area contributed by atoms with Crippen LogP contribution in [-0.4, -0.2) is 18.5 Å². The van der Waals surface area contributed by atoms with Crippen LogP contribution in [0, 0.1) is 5.41 Å². The molecule has 3 aliphatic carbocycles. The summed E-state index contributed by atoms with van der Waals surface area (Å²) in [5.74, 6) is 0.227. The standard InChI is InChI=1S/C12H16O2/c1-14-12-6-5-11(8-12)4-2-3-9(11)7-10(12)13/h7H,2-6,8H2,1H3/t11-,12-/m1/s1. The van der Waals surface area contributed by atoms with Crippen molar-refractivity contribution in [2.75, 3.05) is 7.11 Å². The Bertz CT molecular complexity index is 331. The van der Waals surface area contributed by atoms with Crippen molar-refractivity contribution in [2.24, 2.45) is 5.41 Å². The molecule has 3 rings (SSSR count). The largest absolute Gasteiger partial charge is 0.370 e. The Hall–Kier alpha value is -0.630. The molecule has 0 aliphatic heterocycles. The van der Waals surface area contributed by atoms with Gasteiger partial charge in [-0.2, -0.15) is 0 Å². The Morgan fingerprint density at radius 1 is 1.36 bits per heavy atom. The molecule has 0 radical (unpaired) electrons. The van der Waals surface area contributed by atoms with Crippen molar-refractivity contribution in [3.05, 3.63) is 11.6 Å². The number of ketones is 1. The highest BCUT2D eigenvalue weighted by Gasteiger charge is 2.57. The van der Waals surface area contributed by atoms with Gasteiger partial charge in [-0.1, -0.05) is 5.57 Å². The lowest BCUT2D eigenvalue weighted by molar-refractivity contribution is -0.136. The molecule has 1 spiro atoms. The monoisotopic (exact) mass is 192 g/mol. The highest BCUT2D eigenvalue weighted by molar-refractivity contribution is 5.99. The topological polar surface area (TPSA) is 26.3 Å². The third-order valence-electron chi connectivity index (χ3n) is 4.56. The summed E-state index contributed by atoms with van der Waals surface area (Å²) in [6.45, 7) is 0. The van der Waals surface area contributed by atoms with Crippen molar-refractivity contribution in [1.29, 1.82) is 0 Å². The normalized spacial score (nSPS) is 45.2. The van der Waals surface area contributed by atoms with E-state index in [1.165, 1.54) is 24.8 Å². The number of fused-ring (bicyclic) bond motifs is 1. The van der Waals surface area contributed by atoms with Crippen molar-refractivity contribution in [3.63, 3.8) is 0 Å². The van der Waals surface area contributed by atoms with Gasteiger partial charge in [0.15, 0.2) is 5.78 Å². The van der Waals surface area contributed by atoms with Gasteiger partial charge >= 0.3 is 0 Å². The zero-order valence-electron chi connectivity index (χ0n) is 8.64. The van der Waals surface area contributed by atoms with E-state index in [1.807, 2.05) is 6.08 Å². The average molecular weight is 192 g/mol. The Balaban J connectivity index is 2.10. The van der Waals surface area contributed by atoms with Gasteiger partial charge < -0.3 is 4.74 Å². The van der Waals surface area contributed by atoms with E-state index in [2.05, 4.69) is 0 Å². The molecule has 14 heavy (non-hydrogen) atoms. The number of carbonyl (C=O) groups is 1. The minimum Gasteiger partial charge on any atom is -0.370 e. The summed E-state index contributed by atoms with van der Waals surface area (Å²) >= 11 is 0. The van der Waals surface area contributed by atoms with Crippen LogP contribution in [0.2, 0.25) is 0 Å². The van der Waals surface area contributed by atoms with E-state index < -0.39 is 5.60 Å². The zero-order chi connectivity index (χ0) is 9.81. The van der Waals surface area contributed by atoms with E-state index in [1.54, 1.807) is 7.11 Å². The molecule has 0 unspecified atom stereocenters. The van der Waals surface area contributed by atoms with E-state index in [0.717, 1.165) is 19.3 Å². The number of hydrogen-bond acceptors (Lipinski definition) is 2. The molecule has 2 bridgehead atoms. The molecule has 0 amide bonds. The van der Waals surface area contributed by atoms with Crippen LogP contribution in [-0.2, 0) is 9.53 Å². The van der Waals surface area contributed by atoms with Crippen LogP contribution in [0.4, 0.5) is 0 Å². The molecule has 0 aromatic rings. The fourth-order valence-electron chi connectivity index (χ4n) is 3.70. The maximum Gasteiger partial charge on any atom is 0.187 e. The van der Waals surface area contributed by atoms with Crippen LogP contribution in [0.1, 0.15) is 38.5 Å². The van der Waals surface area contributed by atoms with Crippen LogP contribution in [0.5, 0.6) is 0 Å². The molecular formula is C12H16O2. The molecule has 0 N–H and O–H groups in total. The van der Waals surface area contributed by atoms with Crippen LogP contribution in [0.3, 0.4) is 0 Å². The number of rotatable bonds is 1. The van der Waals surface area contributed by atoms with Crippen LogP contribution in [0.15, 0.2) is 11.6 Å². The molecule has 3 aliphatic rings. The molecule has 0 heterocycles. The lowest BCUT2D eigenvalue weighted by atomic mass is 9.74. The number of methoxy groups -OCH3 is 1. The fraction of sp³-hybridized carbons (Fsp3) is 0.750. The Morgan fingerprint density at radius 2 is 2.21 bits per heavy atom. The van der Waals surface area contributed by atoms with Gasteiger partial charge in [-0.05, 0) is 50.0 Å². The number of carbonyl (C=O) groups excluding carboxylic acids is 1. The Morgan fingerprint density at radius 3 is 3.00 bits per heavy atom. The zero-order valence-corrected chi connectivity index (χ0v) is 8.64. The molecule has 0 saturated heterocycles. The van der Waals surface area contributed by atoms with E-state index in [9.17, 15) is 4.79 Å². The van der Waals surface area contributed by atoms with Crippen LogP contribution < -0.4 is 0 Å². The van der Waals surface area contributed by atoms with Crippen LogP contribution in [0.25, 0.3) is 0 Å². The van der Waals surface area contributed by atoms with Crippen LogP contribution >= 0.6 is 0 Å². The average Bonchev–Trinajstić information content (AvgIpc) is 2.73. The van der Waals surface area contributed by atoms with Crippen molar-refractivity contribution >= 4 is 5.78 Å². The second-order valence-electron chi connectivity index (χ2n) is 5.04. The van der Waals surface area contributed by atoms with Crippen molar-refractivity contribution < 1.29 is 9.53 Å². The Labute approximate surface area is 84.3 Å². The molecule has 0 aromatic heterocycles. The van der Waals surface area contributed by atoms with Gasteiger partial charge in [0, 0.05) is 7.11 Å². The van der Waals surface area contributed by atoms with Crippen molar-refractivity contribution in [3.8, 4) is 0 Å². The van der Waals surface area contributed by atoms with E-state index in [0.29, 0.717) is 5.41 Å². The quantitative estimate of drug-likeness (QED) is 0.637. The Kier molecular flexibility index (Phi) is 1.54. The number of ether oxygens (including phenoxy) is 1. The van der Waals surface area contributed by atoms with E-state index >= 15 is 0 Å². The third-order valence-corrected chi connectivity index (χ3v) is 4.56. The molecule has 0 aromatic carbocycles. The van der Waals surface area contributed by atoms with Gasteiger partial charge in [-0.3, -0.25) is 4.79 Å². The summed E-state index contributed by atoms with van der Waals surface area (Å²) in [6, 6.07) is 0. The highest BCUT2D eigenvalue weighted by Crippen LogP contribution is 2.60. The second kappa shape index (κ2) is 2.48. The molecular weight excluding hydrogens is 176 g/mol. The first-order valence-corrected chi connectivity index (χ1v) is 5.52. The molecule has 2 nitrogen and oxygen atoms in total. The number of hydrogen-bond donors (Lipinski definition) is 0. The second-order valence-corrected chi connectivity index (χ2v) is 5.04. The lowest BCUT2D eigenvalue weighted by Crippen LogP contribution is -2.41. The first kappa shape index (κ1) is 8.66. The maximum absolute atomic E-state index is 11.9. The third kappa shape index (κ3) is 0.830. The molecule has 2 fully saturated rings. The SMILES string of the molecule is CO[C@@]12CC[C@]3(CCCC3=CC1=O)C2. The van der Waals surface area contributed by atoms with Gasteiger partial charge in [-0.25, -0.2) is 0 Å². The molecule has 2 heteroatoms. The lowest BCUT2D eigenvalue weighted by Gasteiger charge is -2.34. The van der Waals surface area contributed by atoms with Gasteiger partial charge in [-0.15, -0.1) is 0 Å². The van der Waals surface area contributed by atoms with Gasteiger partial charge in [0.05, 0.1) is 0 Å². The molecule has 76 valence electrons. The smallest absolute Gasteiger partial charge is 0.187 e. The van der Waals surface area contributed by atoms with Gasteiger partial charge in [0.1, 0.15) is 5.60 Å². The summed E-state index contributed by atoms with van der Waals surface area (Å²) in [5, 5.41) is 0. The fourth-order valence-corrected chi connectivity index (χ4v) is 3.70. The predicted molar refractivity (Wildman–Crippen MR) is 53.0 cm³/mol. The maximum atomic E-state index is 11.9. The van der Waals surface area contributed by atoms with Gasteiger partial charge in [0.2, 0.25) is 0 Å². The molecule has 2 saturated carbocycles. The summed E-state index contributed by atoms with van der Waals surface area (Å²) in [7, 11) is 1.69. The minimum absolute atomic E-state index is 0.227. The summed E-state index contributed by atoms with van der Waals surface area (Å²) in [4.78, 5) is 11.9.